The Bertz CT molecular complexity index is 502. The number of alkyl halides is 3. The van der Waals surface area contributed by atoms with Crippen LogP contribution >= 0.6 is 0 Å². The van der Waals surface area contributed by atoms with Crippen LogP contribution in [0.5, 0.6) is 11.5 Å². The van der Waals surface area contributed by atoms with Crippen LogP contribution in [0, 0.1) is 0 Å². The van der Waals surface area contributed by atoms with Gasteiger partial charge in [-0.2, -0.15) is 0 Å². The summed E-state index contributed by atoms with van der Waals surface area (Å²) in [7, 11) is 1.05. The molecule has 2 unspecified atom stereocenters. The van der Waals surface area contributed by atoms with Gasteiger partial charge in [0.15, 0.2) is 0 Å². The Balaban J connectivity index is 3.03. The third-order valence-electron chi connectivity index (χ3n) is 2.51. The fourth-order valence-corrected chi connectivity index (χ4v) is 1.56. The predicted octanol–water partition coefficient (Wildman–Crippen LogP) is 1.25. The number of esters is 1. The molecule has 0 aliphatic heterocycles. The molecule has 0 aliphatic rings. The molecule has 118 valence electrons. The highest BCUT2D eigenvalue weighted by molar-refractivity contribution is 5.69. The molecular formula is C12H13F3O6. The molecule has 9 heteroatoms. The Labute approximate surface area is 117 Å². The second-order valence-corrected chi connectivity index (χ2v) is 4.06. The van der Waals surface area contributed by atoms with Gasteiger partial charge < -0.3 is 24.8 Å². The maximum Gasteiger partial charge on any atom is 0.573 e. The minimum absolute atomic E-state index is 0.441. The molecule has 0 amide bonds. The van der Waals surface area contributed by atoms with Crippen molar-refractivity contribution in [2.75, 3.05) is 7.11 Å². The van der Waals surface area contributed by atoms with Crippen LogP contribution < -0.4 is 4.74 Å². The number of benzene rings is 1. The third kappa shape index (κ3) is 5.12. The number of aliphatic hydroxyl groups excluding tert-OH is 2. The van der Waals surface area contributed by atoms with Gasteiger partial charge in [0.05, 0.1) is 19.6 Å². The van der Waals surface area contributed by atoms with E-state index in [1.54, 1.807) is 0 Å². The minimum Gasteiger partial charge on any atom is -0.508 e. The third-order valence-corrected chi connectivity index (χ3v) is 2.51. The highest BCUT2D eigenvalue weighted by Gasteiger charge is 2.34. The molecule has 0 spiro atoms. The lowest BCUT2D eigenvalue weighted by molar-refractivity contribution is -0.275. The van der Waals surface area contributed by atoms with E-state index in [2.05, 4.69) is 9.47 Å². The zero-order valence-corrected chi connectivity index (χ0v) is 10.8. The van der Waals surface area contributed by atoms with Gasteiger partial charge in [0.2, 0.25) is 0 Å². The number of rotatable bonds is 5. The van der Waals surface area contributed by atoms with Crippen LogP contribution in [-0.4, -0.2) is 40.9 Å². The molecule has 21 heavy (non-hydrogen) atoms. The Kier molecular flexibility index (Phi) is 5.39. The Morgan fingerprint density at radius 2 is 1.95 bits per heavy atom. The van der Waals surface area contributed by atoms with Crippen molar-refractivity contribution in [3.05, 3.63) is 23.8 Å². The number of aromatic hydroxyl groups is 1. The van der Waals surface area contributed by atoms with Gasteiger partial charge in [0, 0.05) is 5.56 Å². The number of carbonyl (C=O) groups excluding carboxylic acids is 1. The Hall–Kier alpha value is -2.00. The summed E-state index contributed by atoms with van der Waals surface area (Å²) in [5.41, 5.74) is -0.510. The van der Waals surface area contributed by atoms with E-state index in [1.807, 2.05) is 0 Å². The number of phenols is 1. The van der Waals surface area contributed by atoms with Crippen LogP contribution in [0.4, 0.5) is 13.2 Å². The summed E-state index contributed by atoms with van der Waals surface area (Å²) in [5, 5.41) is 28.7. The standard InChI is InChI=1S/C12H13F3O6/c1-20-10(18)5-8(17)11(19)7-4-6(16)2-3-9(7)21-12(13,14)15/h2-4,8,11,16-17,19H,5H2,1H3. The molecule has 0 aromatic heterocycles. The second-order valence-electron chi connectivity index (χ2n) is 4.06. The van der Waals surface area contributed by atoms with Crippen LogP contribution in [0.25, 0.3) is 0 Å². The van der Waals surface area contributed by atoms with Crippen molar-refractivity contribution in [1.82, 2.24) is 0 Å². The van der Waals surface area contributed by atoms with Crippen molar-refractivity contribution in [1.29, 1.82) is 0 Å². The molecular weight excluding hydrogens is 297 g/mol. The van der Waals surface area contributed by atoms with Crippen LogP contribution in [0.1, 0.15) is 18.1 Å². The monoisotopic (exact) mass is 310 g/mol. The van der Waals surface area contributed by atoms with Gasteiger partial charge in [-0.1, -0.05) is 0 Å². The first-order valence-electron chi connectivity index (χ1n) is 5.65. The number of hydrogen-bond acceptors (Lipinski definition) is 6. The number of aliphatic hydroxyl groups is 2. The topological polar surface area (TPSA) is 96.2 Å². The molecule has 1 aromatic carbocycles. The molecule has 0 radical (unpaired) electrons. The average molecular weight is 310 g/mol. The molecule has 3 N–H and O–H groups in total. The fourth-order valence-electron chi connectivity index (χ4n) is 1.56. The highest BCUT2D eigenvalue weighted by atomic mass is 19.4. The van der Waals surface area contributed by atoms with Crippen molar-refractivity contribution < 1.29 is 42.8 Å². The zero-order chi connectivity index (χ0) is 16.2. The summed E-state index contributed by atoms with van der Waals surface area (Å²) in [6.45, 7) is 0. The minimum atomic E-state index is -5.02. The van der Waals surface area contributed by atoms with Crippen LogP contribution in [0.2, 0.25) is 0 Å². The first-order valence-corrected chi connectivity index (χ1v) is 5.65. The van der Waals surface area contributed by atoms with E-state index in [0.717, 1.165) is 25.3 Å². The van der Waals surface area contributed by atoms with Crippen LogP contribution in [-0.2, 0) is 9.53 Å². The van der Waals surface area contributed by atoms with E-state index in [4.69, 9.17) is 0 Å². The molecule has 0 bridgehead atoms. The van der Waals surface area contributed by atoms with Crippen LogP contribution in [0.15, 0.2) is 18.2 Å². The summed E-state index contributed by atoms with van der Waals surface area (Å²) in [5.74, 6) is -2.10. The molecule has 6 nitrogen and oxygen atoms in total. The van der Waals surface area contributed by atoms with Gasteiger partial charge in [-0.05, 0) is 18.2 Å². The van der Waals surface area contributed by atoms with E-state index in [-0.39, 0.29) is 0 Å². The lowest BCUT2D eigenvalue weighted by atomic mass is 10.0. The maximum absolute atomic E-state index is 12.2. The quantitative estimate of drug-likeness (QED) is 0.708. The summed E-state index contributed by atoms with van der Waals surface area (Å²) in [6.07, 6.45) is -9.26. The van der Waals surface area contributed by atoms with E-state index in [9.17, 15) is 33.3 Å². The Morgan fingerprint density at radius 3 is 2.48 bits per heavy atom. The molecule has 1 aromatic rings. The number of phenolic OH excluding ortho intramolecular Hbond substituents is 1. The van der Waals surface area contributed by atoms with E-state index in [0.29, 0.717) is 0 Å². The second kappa shape index (κ2) is 6.64. The van der Waals surface area contributed by atoms with Crippen molar-refractivity contribution in [2.24, 2.45) is 0 Å². The van der Waals surface area contributed by atoms with Crippen molar-refractivity contribution in [2.45, 2.75) is 25.0 Å². The number of ether oxygens (including phenoxy) is 2. The molecule has 2 atom stereocenters. The average Bonchev–Trinajstić information content (AvgIpc) is 2.38. The van der Waals surface area contributed by atoms with E-state index >= 15 is 0 Å². The van der Waals surface area contributed by atoms with Gasteiger partial charge in [0.25, 0.3) is 0 Å². The van der Waals surface area contributed by atoms with E-state index in [1.165, 1.54) is 0 Å². The molecule has 1 rings (SSSR count). The van der Waals surface area contributed by atoms with Crippen LogP contribution in [0.3, 0.4) is 0 Å². The first-order chi connectivity index (χ1) is 9.64. The van der Waals surface area contributed by atoms with Crippen molar-refractivity contribution in [3.63, 3.8) is 0 Å². The lowest BCUT2D eigenvalue weighted by Crippen LogP contribution is -2.24. The molecule has 0 saturated heterocycles. The maximum atomic E-state index is 12.2. The molecule has 0 fully saturated rings. The summed E-state index contributed by atoms with van der Waals surface area (Å²) in [6, 6.07) is 2.50. The zero-order valence-electron chi connectivity index (χ0n) is 10.8. The summed E-state index contributed by atoms with van der Waals surface area (Å²) < 4.78 is 44.7. The van der Waals surface area contributed by atoms with Crippen molar-refractivity contribution >= 4 is 5.97 Å². The Morgan fingerprint density at radius 1 is 1.33 bits per heavy atom. The SMILES string of the molecule is COC(=O)CC(O)C(O)c1cc(O)ccc1OC(F)(F)F. The van der Waals surface area contributed by atoms with Gasteiger partial charge in [-0.25, -0.2) is 0 Å². The molecule has 0 aliphatic carbocycles. The van der Waals surface area contributed by atoms with Gasteiger partial charge in [0.1, 0.15) is 17.6 Å². The largest absolute Gasteiger partial charge is 0.573 e. The predicted molar refractivity (Wildman–Crippen MR) is 62.4 cm³/mol. The smallest absolute Gasteiger partial charge is 0.508 e. The van der Waals surface area contributed by atoms with Crippen molar-refractivity contribution in [3.8, 4) is 11.5 Å². The number of hydrogen-bond donors (Lipinski definition) is 3. The van der Waals surface area contributed by atoms with Gasteiger partial charge in [-0.3, -0.25) is 4.79 Å². The molecule has 0 saturated carbocycles. The normalized spacial score (nSPS) is 14.4. The first kappa shape index (κ1) is 17.1. The van der Waals surface area contributed by atoms with E-state index < -0.39 is 48.0 Å². The number of methoxy groups -OCH3 is 1. The molecule has 0 heterocycles. The van der Waals surface area contributed by atoms with Gasteiger partial charge in [-0.15, -0.1) is 13.2 Å². The highest BCUT2D eigenvalue weighted by Crippen LogP contribution is 2.34. The lowest BCUT2D eigenvalue weighted by Gasteiger charge is -2.21. The summed E-state index contributed by atoms with van der Waals surface area (Å²) in [4.78, 5) is 11.0. The number of halogens is 3. The van der Waals surface area contributed by atoms with Gasteiger partial charge >= 0.3 is 12.3 Å². The summed E-state index contributed by atoms with van der Waals surface area (Å²) >= 11 is 0. The fraction of sp³-hybridized carbons (Fsp3) is 0.417. The number of carbonyl (C=O) groups is 1.